The van der Waals surface area contributed by atoms with Crippen molar-refractivity contribution in [2.45, 2.75) is 72.3 Å². The summed E-state index contributed by atoms with van der Waals surface area (Å²) in [7, 11) is 0. The quantitative estimate of drug-likeness (QED) is 0.447. The van der Waals surface area contributed by atoms with E-state index in [0.717, 1.165) is 19.3 Å². The lowest BCUT2D eigenvalue weighted by Crippen LogP contribution is -2.21. The third kappa shape index (κ3) is 10.8. The average molecular weight is 270 g/mol. The van der Waals surface area contributed by atoms with Gasteiger partial charge in [-0.1, -0.05) is 0 Å². The zero-order valence-corrected chi connectivity index (χ0v) is 13.4. The van der Waals surface area contributed by atoms with Crippen molar-refractivity contribution in [2.24, 2.45) is 9.98 Å². The van der Waals surface area contributed by atoms with E-state index in [-0.39, 0.29) is 0 Å². The minimum atomic E-state index is -0.403. The van der Waals surface area contributed by atoms with Gasteiger partial charge in [-0.3, -0.25) is 9.98 Å². The SMILES string of the molecule is CCOC(C)(C)/N=C/CCC/C=N/C(C)(C)OCC. The summed E-state index contributed by atoms with van der Waals surface area (Å²) in [5.41, 5.74) is -0.806. The lowest BCUT2D eigenvalue weighted by atomic mass is 10.2. The Bertz CT molecular complexity index is 256. The van der Waals surface area contributed by atoms with Crippen LogP contribution < -0.4 is 0 Å². The molecule has 0 saturated carbocycles. The van der Waals surface area contributed by atoms with Crippen molar-refractivity contribution in [1.82, 2.24) is 0 Å². The monoisotopic (exact) mass is 270 g/mol. The number of nitrogens with zero attached hydrogens (tertiary/aromatic N) is 2. The molecule has 0 rings (SSSR count). The first kappa shape index (κ1) is 18.3. The van der Waals surface area contributed by atoms with Crippen LogP contribution in [0.4, 0.5) is 0 Å². The van der Waals surface area contributed by atoms with Gasteiger partial charge in [0.15, 0.2) is 11.4 Å². The summed E-state index contributed by atoms with van der Waals surface area (Å²) in [6, 6.07) is 0. The number of rotatable bonds is 10. The molecule has 112 valence electrons. The molecule has 0 spiro atoms. The Morgan fingerprint density at radius 2 is 1.16 bits per heavy atom. The second-order valence-corrected chi connectivity index (χ2v) is 5.31. The minimum Gasteiger partial charge on any atom is -0.355 e. The van der Waals surface area contributed by atoms with Crippen LogP contribution in [0.2, 0.25) is 0 Å². The molecular formula is C15H30N2O2. The van der Waals surface area contributed by atoms with Crippen LogP contribution in [0, 0.1) is 0 Å². The van der Waals surface area contributed by atoms with Gasteiger partial charge in [-0.2, -0.15) is 0 Å². The van der Waals surface area contributed by atoms with Gasteiger partial charge in [-0.25, -0.2) is 0 Å². The van der Waals surface area contributed by atoms with Gasteiger partial charge in [0.1, 0.15) is 0 Å². The van der Waals surface area contributed by atoms with E-state index in [1.165, 1.54) is 0 Å². The summed E-state index contributed by atoms with van der Waals surface area (Å²) in [4.78, 5) is 8.81. The van der Waals surface area contributed by atoms with E-state index >= 15 is 0 Å². The van der Waals surface area contributed by atoms with Gasteiger partial charge in [-0.15, -0.1) is 0 Å². The van der Waals surface area contributed by atoms with Gasteiger partial charge in [0.05, 0.1) is 0 Å². The highest BCUT2D eigenvalue weighted by molar-refractivity contribution is 5.61. The van der Waals surface area contributed by atoms with E-state index in [0.29, 0.717) is 13.2 Å². The molecule has 4 heteroatoms. The second-order valence-electron chi connectivity index (χ2n) is 5.31. The van der Waals surface area contributed by atoms with Crippen LogP contribution in [0.1, 0.15) is 60.8 Å². The Balaban J connectivity index is 3.82. The fourth-order valence-corrected chi connectivity index (χ4v) is 1.65. The minimum absolute atomic E-state index is 0.403. The fraction of sp³-hybridized carbons (Fsp3) is 0.867. The zero-order valence-electron chi connectivity index (χ0n) is 13.4. The highest BCUT2D eigenvalue weighted by Crippen LogP contribution is 2.11. The number of hydrogen-bond donors (Lipinski definition) is 0. The molecule has 0 atom stereocenters. The van der Waals surface area contributed by atoms with Crippen LogP contribution >= 0.6 is 0 Å². The van der Waals surface area contributed by atoms with E-state index < -0.39 is 11.4 Å². The van der Waals surface area contributed by atoms with Crippen molar-refractivity contribution >= 4 is 12.4 Å². The molecule has 0 saturated heterocycles. The van der Waals surface area contributed by atoms with E-state index in [1.807, 2.05) is 54.0 Å². The lowest BCUT2D eigenvalue weighted by Gasteiger charge is -2.19. The first-order valence-corrected chi connectivity index (χ1v) is 7.18. The molecule has 0 radical (unpaired) electrons. The number of unbranched alkanes of at least 4 members (excludes halogenated alkanes) is 2. The summed E-state index contributed by atoms with van der Waals surface area (Å²) in [5.74, 6) is 0. The summed E-state index contributed by atoms with van der Waals surface area (Å²) >= 11 is 0. The standard InChI is InChI=1S/C15H30N2O2/c1-7-18-14(3,4)16-12-10-9-11-13-17-15(5,6)19-8-2/h12-13H,7-11H2,1-6H3/b16-12+,17-13+. The summed E-state index contributed by atoms with van der Waals surface area (Å²) in [5, 5.41) is 0. The van der Waals surface area contributed by atoms with Crippen molar-refractivity contribution in [3.63, 3.8) is 0 Å². The van der Waals surface area contributed by atoms with Gasteiger partial charge >= 0.3 is 0 Å². The average Bonchev–Trinajstić information content (AvgIpc) is 2.27. The van der Waals surface area contributed by atoms with E-state index in [9.17, 15) is 0 Å². The predicted octanol–water partition coefficient (Wildman–Crippen LogP) is 3.84. The van der Waals surface area contributed by atoms with Crippen LogP contribution in [-0.2, 0) is 9.47 Å². The third-order valence-electron chi connectivity index (χ3n) is 2.47. The Hall–Kier alpha value is -0.740. The van der Waals surface area contributed by atoms with Gasteiger partial charge in [0.25, 0.3) is 0 Å². The van der Waals surface area contributed by atoms with E-state index in [2.05, 4.69) is 9.98 Å². The third-order valence-corrected chi connectivity index (χ3v) is 2.47. The molecule has 0 aliphatic rings. The molecule has 0 amide bonds. The maximum Gasteiger partial charge on any atom is 0.153 e. The number of ether oxygens (including phenoxy) is 2. The van der Waals surface area contributed by atoms with Crippen LogP contribution in [0.3, 0.4) is 0 Å². The molecule has 19 heavy (non-hydrogen) atoms. The molecule has 0 heterocycles. The first-order chi connectivity index (χ1) is 8.83. The molecule has 0 aliphatic heterocycles. The molecule has 0 aromatic carbocycles. The van der Waals surface area contributed by atoms with Crippen molar-refractivity contribution < 1.29 is 9.47 Å². The Kier molecular flexibility index (Phi) is 8.85. The second kappa shape index (κ2) is 9.21. The van der Waals surface area contributed by atoms with Gasteiger partial charge in [0.2, 0.25) is 0 Å². The number of hydrogen-bond acceptors (Lipinski definition) is 4. The lowest BCUT2D eigenvalue weighted by molar-refractivity contribution is -0.00247. The normalized spacial score (nSPS) is 13.8. The highest BCUT2D eigenvalue weighted by Gasteiger charge is 2.14. The molecule has 0 unspecified atom stereocenters. The Morgan fingerprint density at radius 1 is 0.789 bits per heavy atom. The molecule has 0 bridgehead atoms. The van der Waals surface area contributed by atoms with Crippen molar-refractivity contribution in [3.05, 3.63) is 0 Å². The molecule has 0 aliphatic carbocycles. The molecule has 4 nitrogen and oxygen atoms in total. The Labute approximate surface area is 118 Å². The van der Waals surface area contributed by atoms with E-state index in [4.69, 9.17) is 9.47 Å². The van der Waals surface area contributed by atoms with Gasteiger partial charge in [-0.05, 0) is 60.8 Å². The van der Waals surface area contributed by atoms with Crippen LogP contribution in [0.25, 0.3) is 0 Å². The maximum absolute atomic E-state index is 5.49. The molecular weight excluding hydrogens is 240 g/mol. The van der Waals surface area contributed by atoms with Crippen molar-refractivity contribution in [3.8, 4) is 0 Å². The van der Waals surface area contributed by atoms with Gasteiger partial charge in [0, 0.05) is 25.6 Å². The largest absolute Gasteiger partial charge is 0.355 e. The summed E-state index contributed by atoms with van der Waals surface area (Å²) in [6.45, 7) is 13.2. The Morgan fingerprint density at radius 3 is 1.47 bits per heavy atom. The molecule has 0 aromatic rings. The smallest absolute Gasteiger partial charge is 0.153 e. The maximum atomic E-state index is 5.49. The highest BCUT2D eigenvalue weighted by atomic mass is 16.5. The van der Waals surface area contributed by atoms with Crippen molar-refractivity contribution in [1.29, 1.82) is 0 Å². The van der Waals surface area contributed by atoms with Crippen LogP contribution in [0.15, 0.2) is 9.98 Å². The fourth-order valence-electron chi connectivity index (χ4n) is 1.65. The summed E-state index contributed by atoms with van der Waals surface area (Å²) in [6.07, 6.45) is 6.81. The number of aliphatic imine (C=N–C) groups is 2. The van der Waals surface area contributed by atoms with Crippen LogP contribution in [0.5, 0.6) is 0 Å². The molecule has 0 N–H and O–H groups in total. The summed E-state index contributed by atoms with van der Waals surface area (Å²) < 4.78 is 11.0. The topological polar surface area (TPSA) is 43.2 Å². The van der Waals surface area contributed by atoms with E-state index in [1.54, 1.807) is 0 Å². The van der Waals surface area contributed by atoms with Crippen LogP contribution in [-0.4, -0.2) is 37.1 Å². The van der Waals surface area contributed by atoms with Gasteiger partial charge < -0.3 is 9.47 Å². The molecule has 0 aromatic heterocycles. The molecule has 0 fully saturated rings. The predicted molar refractivity (Wildman–Crippen MR) is 82.2 cm³/mol. The first-order valence-electron chi connectivity index (χ1n) is 7.18. The zero-order chi connectivity index (χ0) is 14.8. The van der Waals surface area contributed by atoms with Crippen molar-refractivity contribution in [2.75, 3.05) is 13.2 Å².